The van der Waals surface area contributed by atoms with Crippen LogP contribution in [0.15, 0.2) is 0 Å². The molecule has 0 unspecified atom stereocenters. The first kappa shape index (κ1) is 22.4. The Morgan fingerprint density at radius 2 is 1.09 bits per heavy atom. The van der Waals surface area contributed by atoms with E-state index in [4.69, 9.17) is 0 Å². The van der Waals surface area contributed by atoms with E-state index in [1.165, 1.54) is 83.5 Å². The van der Waals surface area contributed by atoms with Gasteiger partial charge in [0.2, 0.25) is 5.91 Å². The van der Waals surface area contributed by atoms with Crippen molar-refractivity contribution in [2.45, 2.75) is 103 Å². The van der Waals surface area contributed by atoms with Crippen molar-refractivity contribution in [2.24, 2.45) is 0 Å². The average molecular weight is 327 g/mol. The second-order valence-corrected chi connectivity index (χ2v) is 7.18. The fourth-order valence-corrected chi connectivity index (χ4v) is 2.81. The second kappa shape index (κ2) is 17.8. The highest BCUT2D eigenvalue weighted by molar-refractivity contribution is 5.75. The molecule has 0 aromatic carbocycles. The molecule has 0 heterocycles. The molecule has 1 amide bonds. The van der Waals surface area contributed by atoms with Gasteiger partial charge in [-0.2, -0.15) is 0 Å². The first-order valence-electron chi connectivity index (χ1n) is 10.1. The number of amides is 1. The van der Waals surface area contributed by atoms with Crippen LogP contribution in [0.2, 0.25) is 0 Å². The molecule has 138 valence electrons. The Morgan fingerprint density at radius 3 is 1.48 bits per heavy atom. The number of rotatable bonds is 17. The molecule has 0 aliphatic heterocycles. The van der Waals surface area contributed by atoms with E-state index in [1.807, 2.05) is 19.0 Å². The molecule has 0 aliphatic rings. The normalized spacial score (nSPS) is 11.1. The van der Waals surface area contributed by atoms with E-state index >= 15 is 0 Å². The van der Waals surface area contributed by atoms with Gasteiger partial charge in [0.15, 0.2) is 0 Å². The number of carbonyl (C=O) groups excluding carboxylic acids is 1. The van der Waals surface area contributed by atoms with Crippen LogP contribution >= 0.6 is 0 Å². The molecule has 0 saturated heterocycles. The van der Waals surface area contributed by atoms with Crippen LogP contribution in [0.5, 0.6) is 0 Å². The minimum Gasteiger partial charge on any atom is -0.343 e. The highest BCUT2D eigenvalue weighted by Crippen LogP contribution is 2.13. The van der Waals surface area contributed by atoms with Crippen LogP contribution in [-0.2, 0) is 4.79 Å². The Hall–Kier alpha value is -0.570. The maximum Gasteiger partial charge on any atom is 0.220 e. The molecule has 0 atom stereocenters. The van der Waals surface area contributed by atoms with Crippen molar-refractivity contribution >= 4 is 5.91 Å². The smallest absolute Gasteiger partial charge is 0.220 e. The number of hydrogen-bond acceptors (Lipinski definition) is 2. The number of carbonyl (C=O) groups is 1. The number of hydrogen-bond donors (Lipinski definition) is 1. The molecule has 1 N–H and O–H groups in total. The molecule has 0 saturated carbocycles. The van der Waals surface area contributed by atoms with E-state index in [0.717, 1.165) is 6.42 Å². The summed E-state index contributed by atoms with van der Waals surface area (Å²) < 4.78 is 0. The monoisotopic (exact) mass is 326 g/mol. The highest BCUT2D eigenvalue weighted by atomic mass is 16.1. The zero-order valence-electron chi connectivity index (χ0n) is 16.2. The summed E-state index contributed by atoms with van der Waals surface area (Å²) in [5.41, 5.74) is 0. The number of nitrogens with zero attached hydrogens (tertiary/aromatic N) is 1. The van der Waals surface area contributed by atoms with Crippen molar-refractivity contribution in [1.82, 2.24) is 10.2 Å². The van der Waals surface area contributed by atoms with Gasteiger partial charge in [0.1, 0.15) is 0 Å². The summed E-state index contributed by atoms with van der Waals surface area (Å²) in [6.07, 6.45) is 19.7. The Balaban J connectivity index is 3.09. The van der Waals surface area contributed by atoms with Crippen LogP contribution in [0.1, 0.15) is 103 Å². The summed E-state index contributed by atoms with van der Waals surface area (Å²) in [6.45, 7) is 2.93. The Kier molecular flexibility index (Phi) is 17.3. The Morgan fingerprint density at radius 1 is 0.696 bits per heavy atom. The van der Waals surface area contributed by atoms with Gasteiger partial charge in [-0.15, -0.1) is 0 Å². The van der Waals surface area contributed by atoms with Crippen LogP contribution < -0.4 is 5.32 Å². The fraction of sp³-hybridized carbons (Fsp3) is 0.950. The van der Waals surface area contributed by atoms with Gasteiger partial charge in [-0.1, -0.05) is 90.4 Å². The van der Waals surface area contributed by atoms with Crippen molar-refractivity contribution in [3.63, 3.8) is 0 Å². The maximum atomic E-state index is 11.5. The first-order chi connectivity index (χ1) is 11.2. The average Bonchev–Trinajstić information content (AvgIpc) is 2.53. The van der Waals surface area contributed by atoms with Crippen molar-refractivity contribution in [3.8, 4) is 0 Å². The van der Waals surface area contributed by atoms with Gasteiger partial charge in [0.05, 0.1) is 6.67 Å². The standard InChI is InChI=1S/C20H42N2O/c1-4-5-6-7-8-9-10-11-12-13-14-15-16-17-18-20(23)21-19-22(2)3/h4-19H2,1-3H3,(H,21,23). The molecule has 0 radical (unpaired) electrons. The highest BCUT2D eigenvalue weighted by Gasteiger charge is 2.00. The molecule has 3 heteroatoms. The molecule has 0 rings (SSSR count). The van der Waals surface area contributed by atoms with Gasteiger partial charge in [-0.25, -0.2) is 0 Å². The summed E-state index contributed by atoms with van der Waals surface area (Å²) in [4.78, 5) is 13.5. The molecule has 3 nitrogen and oxygen atoms in total. The third-order valence-electron chi connectivity index (χ3n) is 4.35. The summed E-state index contributed by atoms with van der Waals surface area (Å²) in [7, 11) is 3.93. The lowest BCUT2D eigenvalue weighted by Gasteiger charge is -2.10. The summed E-state index contributed by atoms with van der Waals surface area (Å²) in [6, 6.07) is 0. The predicted molar refractivity (Wildman–Crippen MR) is 102 cm³/mol. The van der Waals surface area contributed by atoms with Crippen LogP contribution in [-0.4, -0.2) is 31.6 Å². The van der Waals surface area contributed by atoms with Gasteiger partial charge < -0.3 is 5.32 Å². The third kappa shape index (κ3) is 19.4. The third-order valence-corrected chi connectivity index (χ3v) is 4.35. The van der Waals surface area contributed by atoms with Gasteiger partial charge in [0.25, 0.3) is 0 Å². The predicted octanol–water partition coefficient (Wildman–Crippen LogP) is 5.49. The van der Waals surface area contributed by atoms with E-state index in [2.05, 4.69) is 12.2 Å². The quantitative estimate of drug-likeness (QED) is 0.283. The minimum absolute atomic E-state index is 0.192. The molecule has 0 aromatic rings. The topological polar surface area (TPSA) is 32.3 Å². The van der Waals surface area contributed by atoms with E-state index in [0.29, 0.717) is 13.1 Å². The molecule has 0 fully saturated rings. The van der Waals surface area contributed by atoms with E-state index in [-0.39, 0.29) is 5.91 Å². The van der Waals surface area contributed by atoms with E-state index in [1.54, 1.807) is 0 Å². The molecule has 23 heavy (non-hydrogen) atoms. The largest absolute Gasteiger partial charge is 0.343 e. The lowest BCUT2D eigenvalue weighted by atomic mass is 10.0. The lowest BCUT2D eigenvalue weighted by Crippen LogP contribution is -2.32. The zero-order valence-corrected chi connectivity index (χ0v) is 16.2. The van der Waals surface area contributed by atoms with Crippen molar-refractivity contribution in [2.75, 3.05) is 20.8 Å². The SMILES string of the molecule is CCCCCCCCCCCCCCCCC(=O)NCN(C)C. The fourth-order valence-electron chi connectivity index (χ4n) is 2.81. The molecular weight excluding hydrogens is 284 g/mol. The zero-order chi connectivity index (χ0) is 17.2. The van der Waals surface area contributed by atoms with Crippen molar-refractivity contribution in [1.29, 1.82) is 0 Å². The van der Waals surface area contributed by atoms with Crippen LogP contribution in [0, 0.1) is 0 Å². The van der Waals surface area contributed by atoms with Crippen LogP contribution in [0.3, 0.4) is 0 Å². The summed E-state index contributed by atoms with van der Waals surface area (Å²) in [5.74, 6) is 0.192. The first-order valence-corrected chi connectivity index (χ1v) is 10.1. The molecule has 0 aliphatic carbocycles. The van der Waals surface area contributed by atoms with Crippen LogP contribution in [0.4, 0.5) is 0 Å². The molecule has 0 aromatic heterocycles. The summed E-state index contributed by atoms with van der Waals surface area (Å²) in [5, 5.41) is 2.92. The molecule has 0 bridgehead atoms. The number of nitrogens with one attached hydrogen (secondary N) is 1. The lowest BCUT2D eigenvalue weighted by molar-refractivity contribution is -0.121. The van der Waals surface area contributed by atoms with E-state index in [9.17, 15) is 4.79 Å². The summed E-state index contributed by atoms with van der Waals surface area (Å²) >= 11 is 0. The molecular formula is C20H42N2O. The second-order valence-electron chi connectivity index (χ2n) is 7.18. The Bertz CT molecular complexity index is 254. The van der Waals surface area contributed by atoms with Gasteiger partial charge in [-0.3, -0.25) is 9.69 Å². The van der Waals surface area contributed by atoms with Gasteiger partial charge in [-0.05, 0) is 20.5 Å². The van der Waals surface area contributed by atoms with Gasteiger partial charge >= 0.3 is 0 Å². The van der Waals surface area contributed by atoms with Crippen molar-refractivity contribution < 1.29 is 4.79 Å². The Labute approximate surface area is 145 Å². The molecule has 0 spiro atoms. The van der Waals surface area contributed by atoms with Crippen molar-refractivity contribution in [3.05, 3.63) is 0 Å². The maximum absolute atomic E-state index is 11.5. The number of unbranched alkanes of at least 4 members (excludes halogenated alkanes) is 13. The van der Waals surface area contributed by atoms with Crippen LogP contribution in [0.25, 0.3) is 0 Å². The van der Waals surface area contributed by atoms with E-state index < -0.39 is 0 Å². The van der Waals surface area contributed by atoms with Gasteiger partial charge in [0, 0.05) is 6.42 Å². The minimum atomic E-state index is 0.192.